The highest BCUT2D eigenvalue weighted by Crippen LogP contribution is 2.29. The molecule has 1 aromatic heterocycles. The number of hydrogen-bond donors (Lipinski definition) is 1. The molecule has 33 heavy (non-hydrogen) atoms. The summed E-state index contributed by atoms with van der Waals surface area (Å²) in [4.78, 5) is 15.3. The maximum absolute atomic E-state index is 12.6. The number of alkyl halides is 2. The van der Waals surface area contributed by atoms with Crippen LogP contribution in [0.1, 0.15) is 20.8 Å². The highest BCUT2D eigenvalue weighted by Gasteiger charge is 2.20. The van der Waals surface area contributed by atoms with Crippen LogP contribution in [0.2, 0.25) is 0 Å². The van der Waals surface area contributed by atoms with E-state index in [9.17, 15) is 13.6 Å². The number of halogens is 2. The van der Waals surface area contributed by atoms with Gasteiger partial charge in [-0.15, -0.1) is 10.2 Å². The zero-order valence-corrected chi connectivity index (χ0v) is 20.6. The first kappa shape index (κ1) is 25.0. The molecule has 0 aliphatic heterocycles. The second kappa shape index (κ2) is 11.5. The predicted molar refractivity (Wildman–Crippen MR) is 132 cm³/mol. The van der Waals surface area contributed by atoms with Gasteiger partial charge >= 0.3 is 0 Å². The summed E-state index contributed by atoms with van der Waals surface area (Å²) >= 11 is 1.78. The number of carbonyl (C=O) groups is 1. The summed E-state index contributed by atoms with van der Waals surface area (Å²) in [6.45, 7) is 7.93. The van der Waals surface area contributed by atoms with Crippen LogP contribution in [0.3, 0.4) is 0 Å². The third-order valence-electron chi connectivity index (χ3n) is 5.09. The molecule has 1 atom stereocenters. The molecule has 2 aromatic carbocycles. The molecular formula is C23H27F2N5OS2. The minimum absolute atomic E-state index is 0.206. The van der Waals surface area contributed by atoms with Gasteiger partial charge in [0, 0.05) is 42.0 Å². The molecular weight excluding hydrogens is 464 g/mol. The van der Waals surface area contributed by atoms with E-state index >= 15 is 0 Å². The number of nitrogens with one attached hydrogen (secondary N) is 1. The lowest BCUT2D eigenvalue weighted by molar-refractivity contribution is -0.115. The Balaban J connectivity index is 1.63. The molecule has 176 valence electrons. The number of hydrogen-bond acceptors (Lipinski definition) is 6. The molecule has 3 aromatic rings. The largest absolute Gasteiger partial charge is 0.372 e. The Morgan fingerprint density at radius 2 is 1.67 bits per heavy atom. The number of anilines is 2. The van der Waals surface area contributed by atoms with Gasteiger partial charge in [0.25, 0.3) is 5.76 Å². The molecule has 0 radical (unpaired) electrons. The highest BCUT2D eigenvalue weighted by molar-refractivity contribution is 8.00. The molecule has 0 bridgehead atoms. The van der Waals surface area contributed by atoms with Gasteiger partial charge in [-0.05, 0) is 69.3 Å². The molecule has 6 nitrogen and oxygen atoms in total. The summed E-state index contributed by atoms with van der Waals surface area (Å²) in [6.07, 6.45) is 0. The molecule has 1 N–H and O–H groups in total. The van der Waals surface area contributed by atoms with E-state index in [4.69, 9.17) is 0 Å². The van der Waals surface area contributed by atoms with Gasteiger partial charge in [-0.2, -0.15) is 8.78 Å². The van der Waals surface area contributed by atoms with Crippen molar-refractivity contribution in [2.24, 2.45) is 7.05 Å². The van der Waals surface area contributed by atoms with E-state index in [0.717, 1.165) is 30.2 Å². The van der Waals surface area contributed by atoms with Gasteiger partial charge in [0.05, 0.1) is 5.25 Å². The molecule has 3 rings (SSSR count). The summed E-state index contributed by atoms with van der Waals surface area (Å²) in [5.74, 6) is -1.95. The van der Waals surface area contributed by atoms with E-state index in [1.807, 2.05) is 23.7 Å². The van der Waals surface area contributed by atoms with Gasteiger partial charge in [-0.1, -0.05) is 23.5 Å². The number of aromatic nitrogens is 3. The fourth-order valence-electron chi connectivity index (χ4n) is 3.25. The van der Waals surface area contributed by atoms with Crippen molar-refractivity contribution in [3.8, 4) is 11.4 Å². The fourth-order valence-corrected chi connectivity index (χ4v) is 4.57. The van der Waals surface area contributed by atoms with Gasteiger partial charge in [0.15, 0.2) is 11.0 Å². The van der Waals surface area contributed by atoms with Gasteiger partial charge in [0.1, 0.15) is 0 Å². The van der Waals surface area contributed by atoms with Crippen molar-refractivity contribution in [1.82, 2.24) is 14.8 Å². The summed E-state index contributed by atoms with van der Waals surface area (Å²) in [6, 6.07) is 14.5. The predicted octanol–water partition coefficient (Wildman–Crippen LogP) is 5.76. The van der Waals surface area contributed by atoms with Crippen LogP contribution in [-0.4, -0.2) is 44.8 Å². The lowest BCUT2D eigenvalue weighted by Crippen LogP contribution is -2.22. The monoisotopic (exact) mass is 491 g/mol. The first-order valence-electron chi connectivity index (χ1n) is 10.6. The third-order valence-corrected chi connectivity index (χ3v) is 6.94. The van der Waals surface area contributed by atoms with Crippen LogP contribution in [-0.2, 0) is 11.8 Å². The second-order valence-electron chi connectivity index (χ2n) is 7.24. The lowest BCUT2D eigenvalue weighted by Gasteiger charge is -2.21. The van der Waals surface area contributed by atoms with Crippen molar-refractivity contribution in [2.45, 2.75) is 41.8 Å². The van der Waals surface area contributed by atoms with E-state index in [2.05, 4.69) is 46.4 Å². The van der Waals surface area contributed by atoms with E-state index in [1.54, 1.807) is 31.2 Å². The van der Waals surface area contributed by atoms with Crippen molar-refractivity contribution < 1.29 is 13.6 Å². The molecule has 0 fully saturated rings. The Kier molecular flexibility index (Phi) is 8.74. The van der Waals surface area contributed by atoms with E-state index < -0.39 is 11.0 Å². The lowest BCUT2D eigenvalue weighted by atomic mass is 10.2. The zero-order chi connectivity index (χ0) is 24.0. The van der Waals surface area contributed by atoms with Gasteiger partial charge in [-0.3, -0.25) is 4.79 Å². The Hall–Kier alpha value is -2.59. The van der Waals surface area contributed by atoms with Crippen LogP contribution in [0.5, 0.6) is 0 Å². The zero-order valence-electron chi connectivity index (χ0n) is 19.0. The van der Waals surface area contributed by atoms with Crippen LogP contribution in [0.15, 0.2) is 58.6 Å². The molecule has 0 spiro atoms. The number of thioether (sulfide) groups is 2. The van der Waals surface area contributed by atoms with Crippen molar-refractivity contribution in [3.63, 3.8) is 0 Å². The minimum atomic E-state index is -2.47. The summed E-state index contributed by atoms with van der Waals surface area (Å²) in [7, 11) is 1.87. The number of amides is 1. The highest BCUT2D eigenvalue weighted by atomic mass is 32.2. The van der Waals surface area contributed by atoms with Crippen molar-refractivity contribution in [2.75, 3.05) is 23.3 Å². The summed E-state index contributed by atoms with van der Waals surface area (Å²) < 4.78 is 26.8. The van der Waals surface area contributed by atoms with E-state index in [1.165, 1.54) is 11.8 Å². The molecule has 0 saturated carbocycles. The minimum Gasteiger partial charge on any atom is -0.372 e. The van der Waals surface area contributed by atoms with Crippen LogP contribution in [0, 0.1) is 0 Å². The average Bonchev–Trinajstić information content (AvgIpc) is 3.16. The molecule has 0 saturated heterocycles. The van der Waals surface area contributed by atoms with Gasteiger partial charge in [0.2, 0.25) is 5.91 Å². The first-order chi connectivity index (χ1) is 15.8. The molecule has 1 unspecified atom stereocenters. The molecule has 0 aliphatic carbocycles. The topological polar surface area (TPSA) is 63.1 Å². The number of carbonyl (C=O) groups excluding carboxylic acids is 1. The molecule has 0 aliphatic rings. The maximum atomic E-state index is 12.6. The quantitative estimate of drug-likeness (QED) is 0.364. The molecule has 10 heteroatoms. The van der Waals surface area contributed by atoms with Crippen LogP contribution in [0.4, 0.5) is 20.2 Å². The van der Waals surface area contributed by atoms with Crippen LogP contribution in [0.25, 0.3) is 11.4 Å². The molecule has 1 heterocycles. The average molecular weight is 492 g/mol. The molecule has 1 amide bonds. The van der Waals surface area contributed by atoms with Gasteiger partial charge < -0.3 is 14.8 Å². The van der Waals surface area contributed by atoms with Crippen molar-refractivity contribution in [3.05, 3.63) is 48.5 Å². The maximum Gasteiger partial charge on any atom is 0.288 e. The van der Waals surface area contributed by atoms with Gasteiger partial charge in [-0.25, -0.2) is 0 Å². The second-order valence-corrected chi connectivity index (χ2v) is 9.61. The normalized spacial score (nSPS) is 12.1. The smallest absolute Gasteiger partial charge is 0.288 e. The van der Waals surface area contributed by atoms with Crippen LogP contribution >= 0.6 is 23.5 Å². The number of nitrogens with zero attached hydrogens (tertiary/aromatic N) is 4. The Bertz CT molecular complexity index is 1050. The fraction of sp³-hybridized carbons (Fsp3) is 0.348. The van der Waals surface area contributed by atoms with Crippen molar-refractivity contribution >= 4 is 40.8 Å². The van der Waals surface area contributed by atoms with Crippen molar-refractivity contribution in [1.29, 1.82) is 0 Å². The first-order valence-corrected chi connectivity index (χ1v) is 12.4. The van der Waals surface area contributed by atoms with Crippen LogP contribution < -0.4 is 10.2 Å². The van der Waals surface area contributed by atoms with E-state index in [0.29, 0.717) is 27.5 Å². The standard InChI is InChI=1S/C23H27F2N5OS2/c1-5-30(6-2)18-11-7-16(8-12-18)20-27-28-23(29(20)4)32-15(3)21(31)26-17-9-13-19(14-10-17)33-22(24)25/h7-15,22H,5-6H2,1-4H3,(H,26,31). The Morgan fingerprint density at radius 3 is 2.24 bits per heavy atom. The summed E-state index contributed by atoms with van der Waals surface area (Å²) in [5.41, 5.74) is 2.66. The third kappa shape index (κ3) is 6.48. The Labute approximate surface area is 201 Å². The SMILES string of the molecule is CCN(CC)c1ccc(-c2nnc(SC(C)C(=O)Nc3ccc(SC(F)F)cc3)n2C)cc1. The number of benzene rings is 2. The van der Waals surface area contributed by atoms with E-state index in [-0.39, 0.29) is 5.91 Å². The number of rotatable bonds is 10. The summed E-state index contributed by atoms with van der Waals surface area (Å²) in [5, 5.41) is 11.6. The Morgan fingerprint density at radius 1 is 1.03 bits per heavy atom.